The fraction of sp³-hybridized carbons (Fsp3) is 0.333. The van der Waals surface area contributed by atoms with Crippen LogP contribution >= 0.6 is 15.9 Å². The number of anilines is 2. The van der Waals surface area contributed by atoms with Crippen LogP contribution in [0.4, 0.5) is 11.5 Å². The molecule has 0 aliphatic heterocycles. The quantitative estimate of drug-likeness (QED) is 0.809. The summed E-state index contributed by atoms with van der Waals surface area (Å²) in [4.78, 5) is 4.22. The van der Waals surface area contributed by atoms with Crippen LogP contribution in [0.15, 0.2) is 34.0 Å². The zero-order chi connectivity index (χ0) is 15.5. The maximum absolute atomic E-state index is 12.5. The molecule has 2 heterocycles. The highest BCUT2D eigenvalue weighted by Crippen LogP contribution is 2.25. The SMILES string of the molecule is CCCNc1ncc(Br)cc1S(=O)(=O)Nc1cnn(C)c1. The minimum atomic E-state index is -3.74. The molecule has 21 heavy (non-hydrogen) atoms. The van der Waals surface area contributed by atoms with Gasteiger partial charge in [0.1, 0.15) is 10.7 Å². The molecule has 0 bridgehead atoms. The lowest BCUT2D eigenvalue weighted by atomic mass is 10.4. The van der Waals surface area contributed by atoms with Crippen molar-refractivity contribution in [2.45, 2.75) is 18.2 Å². The summed E-state index contributed by atoms with van der Waals surface area (Å²) in [6, 6.07) is 1.52. The van der Waals surface area contributed by atoms with Crippen LogP contribution < -0.4 is 10.0 Å². The van der Waals surface area contributed by atoms with Gasteiger partial charge in [-0.05, 0) is 28.4 Å². The molecule has 0 saturated heterocycles. The van der Waals surface area contributed by atoms with Crippen LogP contribution in [0.3, 0.4) is 0 Å². The summed E-state index contributed by atoms with van der Waals surface area (Å²) in [6.45, 7) is 2.64. The van der Waals surface area contributed by atoms with E-state index in [0.29, 0.717) is 22.5 Å². The van der Waals surface area contributed by atoms with Crippen LogP contribution in [0.2, 0.25) is 0 Å². The molecule has 0 radical (unpaired) electrons. The Balaban J connectivity index is 2.35. The van der Waals surface area contributed by atoms with Crippen molar-refractivity contribution in [3.63, 3.8) is 0 Å². The van der Waals surface area contributed by atoms with E-state index in [9.17, 15) is 8.42 Å². The number of rotatable bonds is 6. The number of pyridine rings is 1. The van der Waals surface area contributed by atoms with Crippen molar-refractivity contribution in [1.29, 1.82) is 0 Å². The van der Waals surface area contributed by atoms with Crippen molar-refractivity contribution in [3.05, 3.63) is 29.1 Å². The highest BCUT2D eigenvalue weighted by atomic mass is 79.9. The van der Waals surface area contributed by atoms with Crippen molar-refractivity contribution in [3.8, 4) is 0 Å². The average molecular weight is 374 g/mol. The second-order valence-corrected chi connectivity index (χ2v) is 7.00. The van der Waals surface area contributed by atoms with E-state index in [1.807, 2.05) is 6.92 Å². The maximum atomic E-state index is 12.5. The van der Waals surface area contributed by atoms with E-state index in [-0.39, 0.29) is 4.90 Å². The molecular formula is C12H16BrN5O2S. The summed E-state index contributed by atoms with van der Waals surface area (Å²) in [5, 5.41) is 6.95. The summed E-state index contributed by atoms with van der Waals surface area (Å²) in [5.41, 5.74) is 0.402. The van der Waals surface area contributed by atoms with Crippen LogP contribution in [-0.2, 0) is 17.1 Å². The molecule has 7 nitrogen and oxygen atoms in total. The van der Waals surface area contributed by atoms with Gasteiger partial charge in [0.2, 0.25) is 0 Å². The number of nitrogens with one attached hydrogen (secondary N) is 2. The van der Waals surface area contributed by atoms with Crippen molar-refractivity contribution >= 4 is 37.5 Å². The van der Waals surface area contributed by atoms with Crippen LogP contribution in [0, 0.1) is 0 Å². The number of halogens is 1. The van der Waals surface area contributed by atoms with Gasteiger partial charge in [-0.3, -0.25) is 9.40 Å². The normalized spacial score (nSPS) is 11.4. The summed E-state index contributed by atoms with van der Waals surface area (Å²) in [7, 11) is -2.03. The predicted molar refractivity (Wildman–Crippen MR) is 84.7 cm³/mol. The average Bonchev–Trinajstić information content (AvgIpc) is 2.82. The zero-order valence-electron chi connectivity index (χ0n) is 11.7. The van der Waals surface area contributed by atoms with Crippen LogP contribution in [0.25, 0.3) is 0 Å². The third kappa shape index (κ3) is 3.94. The Bertz CT molecular complexity index is 729. The van der Waals surface area contributed by atoms with E-state index < -0.39 is 10.0 Å². The van der Waals surface area contributed by atoms with Crippen LogP contribution in [0.1, 0.15) is 13.3 Å². The second-order valence-electron chi connectivity index (χ2n) is 4.44. The van der Waals surface area contributed by atoms with Crippen molar-refractivity contribution in [1.82, 2.24) is 14.8 Å². The fourth-order valence-corrected chi connectivity index (χ4v) is 3.36. The van der Waals surface area contributed by atoms with E-state index in [1.54, 1.807) is 19.4 Å². The molecule has 0 unspecified atom stereocenters. The van der Waals surface area contributed by atoms with Crippen molar-refractivity contribution < 1.29 is 8.42 Å². The number of aryl methyl sites for hydroxylation is 1. The monoisotopic (exact) mass is 373 g/mol. The second kappa shape index (κ2) is 6.44. The van der Waals surface area contributed by atoms with Gasteiger partial charge < -0.3 is 5.32 Å². The van der Waals surface area contributed by atoms with E-state index >= 15 is 0 Å². The first kappa shape index (κ1) is 15.8. The lowest BCUT2D eigenvalue weighted by molar-refractivity contribution is 0.601. The predicted octanol–water partition coefficient (Wildman–Crippen LogP) is 2.20. The Labute approximate surface area is 132 Å². The lowest BCUT2D eigenvalue weighted by Crippen LogP contribution is -2.16. The highest BCUT2D eigenvalue weighted by Gasteiger charge is 2.21. The Morgan fingerprint density at radius 3 is 2.76 bits per heavy atom. The third-order valence-corrected chi connectivity index (χ3v) is 4.44. The Morgan fingerprint density at radius 2 is 2.14 bits per heavy atom. The van der Waals surface area contributed by atoms with Gasteiger partial charge >= 0.3 is 0 Å². The molecule has 2 aromatic heterocycles. The molecule has 0 aliphatic rings. The Morgan fingerprint density at radius 1 is 1.38 bits per heavy atom. The molecule has 0 spiro atoms. The maximum Gasteiger partial charge on any atom is 0.265 e. The molecular weight excluding hydrogens is 358 g/mol. The smallest absolute Gasteiger partial charge is 0.265 e. The molecule has 9 heteroatoms. The molecule has 0 fully saturated rings. The molecule has 2 aromatic rings. The van der Waals surface area contributed by atoms with Gasteiger partial charge in [0, 0.05) is 30.5 Å². The molecule has 0 atom stereocenters. The molecule has 0 aliphatic carbocycles. The Kier molecular flexibility index (Phi) is 4.84. The van der Waals surface area contributed by atoms with Gasteiger partial charge in [-0.2, -0.15) is 5.10 Å². The van der Waals surface area contributed by atoms with Gasteiger partial charge in [-0.15, -0.1) is 0 Å². The van der Waals surface area contributed by atoms with E-state index in [4.69, 9.17) is 0 Å². The summed E-state index contributed by atoms with van der Waals surface area (Å²) in [5.74, 6) is 0.330. The number of hydrogen-bond acceptors (Lipinski definition) is 5. The lowest BCUT2D eigenvalue weighted by Gasteiger charge is -2.12. The molecule has 114 valence electrons. The van der Waals surface area contributed by atoms with Crippen LogP contribution in [-0.4, -0.2) is 29.7 Å². The van der Waals surface area contributed by atoms with Gasteiger partial charge in [0.15, 0.2) is 0 Å². The van der Waals surface area contributed by atoms with E-state index in [1.165, 1.54) is 16.9 Å². The Hall–Kier alpha value is -1.61. The van der Waals surface area contributed by atoms with Crippen LogP contribution in [0.5, 0.6) is 0 Å². The first-order valence-corrected chi connectivity index (χ1v) is 8.61. The molecule has 2 rings (SSSR count). The number of aromatic nitrogens is 3. The van der Waals surface area contributed by atoms with Gasteiger partial charge in [-0.1, -0.05) is 6.92 Å². The number of hydrogen-bond donors (Lipinski definition) is 2. The van der Waals surface area contributed by atoms with Gasteiger partial charge in [0.05, 0.1) is 11.9 Å². The number of sulfonamides is 1. The fourth-order valence-electron chi connectivity index (χ4n) is 1.69. The minimum Gasteiger partial charge on any atom is -0.369 e. The summed E-state index contributed by atoms with van der Waals surface area (Å²) < 4.78 is 29.6. The summed E-state index contributed by atoms with van der Waals surface area (Å²) >= 11 is 3.25. The summed E-state index contributed by atoms with van der Waals surface area (Å²) in [6.07, 6.45) is 5.46. The molecule has 2 N–H and O–H groups in total. The number of nitrogens with zero attached hydrogens (tertiary/aromatic N) is 3. The topological polar surface area (TPSA) is 88.9 Å². The largest absolute Gasteiger partial charge is 0.369 e. The van der Waals surface area contributed by atoms with Gasteiger partial charge in [-0.25, -0.2) is 13.4 Å². The minimum absolute atomic E-state index is 0.0918. The van der Waals surface area contributed by atoms with E-state index in [2.05, 4.69) is 36.1 Å². The molecule has 0 amide bonds. The first-order valence-electron chi connectivity index (χ1n) is 6.33. The zero-order valence-corrected chi connectivity index (χ0v) is 14.1. The van der Waals surface area contributed by atoms with Gasteiger partial charge in [0.25, 0.3) is 10.0 Å². The standard InChI is InChI=1S/C12H16BrN5O2S/c1-3-4-14-12-11(5-9(13)6-15-12)21(19,20)17-10-7-16-18(2)8-10/h5-8,17H,3-4H2,1-2H3,(H,14,15). The molecule has 0 aromatic carbocycles. The highest BCUT2D eigenvalue weighted by molar-refractivity contribution is 9.10. The first-order chi connectivity index (χ1) is 9.92. The van der Waals surface area contributed by atoms with Crippen molar-refractivity contribution in [2.75, 3.05) is 16.6 Å². The van der Waals surface area contributed by atoms with E-state index in [0.717, 1.165) is 6.42 Å². The molecule has 0 saturated carbocycles. The third-order valence-electron chi connectivity index (χ3n) is 2.61. The van der Waals surface area contributed by atoms with Crippen molar-refractivity contribution in [2.24, 2.45) is 7.05 Å².